The monoisotopic (exact) mass is 779 g/mol. The Morgan fingerprint density at radius 3 is 2.31 bits per heavy atom. The van der Waals surface area contributed by atoms with E-state index in [0.29, 0.717) is 25.8 Å². The first-order chi connectivity index (χ1) is 25.6. The lowest BCUT2D eigenvalue weighted by Gasteiger charge is -2.48. The quantitative estimate of drug-likeness (QED) is 0.200. The van der Waals surface area contributed by atoms with Gasteiger partial charge in [-0.3, -0.25) is 9.78 Å². The Morgan fingerprint density at radius 1 is 1.07 bits per heavy atom. The molecule has 3 N–H and O–H groups in total. The lowest BCUT2D eigenvalue weighted by molar-refractivity contribution is -0.298. The molecule has 2 unspecified atom stereocenters. The number of aryl methyl sites for hydroxylation is 1. The number of amides is 1. The number of hydrazine groups is 1. The lowest BCUT2D eigenvalue weighted by atomic mass is 9.72. The number of aliphatic hydroxyl groups excluding tert-OH is 1. The topological polar surface area (TPSA) is 166 Å². The maximum Gasteiger partial charge on any atom is 0.425 e. The first kappa shape index (κ1) is 44.9. The van der Waals surface area contributed by atoms with Gasteiger partial charge in [0.1, 0.15) is 12.2 Å². The van der Waals surface area contributed by atoms with Crippen molar-refractivity contribution in [3.05, 3.63) is 30.1 Å². The van der Waals surface area contributed by atoms with Crippen LogP contribution in [0, 0.1) is 17.8 Å². The van der Waals surface area contributed by atoms with Crippen LogP contribution in [-0.4, -0.2) is 143 Å². The highest BCUT2D eigenvalue weighted by molar-refractivity contribution is 6.07. The molecule has 0 aliphatic carbocycles. The maximum atomic E-state index is 16.9. The average Bonchev–Trinajstić information content (AvgIpc) is 3.42. The number of ketones is 1. The SMILES string of the molecule is CCN(C)N1C(=O)O[C@]2(C)[C@@H](C)OC(=O)C(C)(F)C(=O)[C@H](C)[C@@H](O[C@@H]3O[C@H](C)C[C@H](N(C)C)[C@H]3O)[C@@](C)(OCCCc3ccncc3)C[C@@H](C)C(N)[C@H](C)[C@@H]12. The highest BCUT2D eigenvalue weighted by atomic mass is 19.1. The molecule has 3 fully saturated rings. The zero-order valence-electron chi connectivity index (χ0n) is 34.9. The smallest absolute Gasteiger partial charge is 0.425 e. The first-order valence-corrected chi connectivity index (χ1v) is 19.7. The lowest BCUT2D eigenvalue weighted by Crippen LogP contribution is -2.63. The van der Waals surface area contributed by atoms with Gasteiger partial charge in [0.05, 0.1) is 23.9 Å². The minimum atomic E-state index is -3.14. The number of carbonyl (C=O) groups is 3. The van der Waals surface area contributed by atoms with Crippen LogP contribution >= 0.6 is 0 Å². The van der Waals surface area contributed by atoms with Gasteiger partial charge in [-0.2, -0.15) is 0 Å². The molecular formula is C40H66FN5O9. The fourth-order valence-electron chi connectivity index (χ4n) is 8.76. The Morgan fingerprint density at radius 2 is 1.71 bits per heavy atom. The van der Waals surface area contributed by atoms with Crippen LogP contribution < -0.4 is 5.73 Å². The predicted molar refractivity (Wildman–Crippen MR) is 203 cm³/mol. The van der Waals surface area contributed by atoms with Crippen molar-refractivity contribution in [2.75, 3.05) is 34.3 Å². The van der Waals surface area contributed by atoms with Crippen LogP contribution in [0.5, 0.6) is 0 Å². The minimum absolute atomic E-state index is 0.219. The molecule has 55 heavy (non-hydrogen) atoms. The highest BCUT2D eigenvalue weighted by Crippen LogP contribution is 2.44. The summed E-state index contributed by atoms with van der Waals surface area (Å²) in [7, 11) is 5.45. The number of pyridine rings is 1. The van der Waals surface area contributed by atoms with E-state index in [9.17, 15) is 19.5 Å². The first-order valence-electron chi connectivity index (χ1n) is 19.7. The van der Waals surface area contributed by atoms with Gasteiger partial charge < -0.3 is 39.4 Å². The molecule has 0 spiro atoms. The van der Waals surface area contributed by atoms with Gasteiger partial charge in [-0.05, 0) is 104 Å². The van der Waals surface area contributed by atoms with Gasteiger partial charge in [0.25, 0.3) is 5.67 Å². The van der Waals surface area contributed by atoms with Gasteiger partial charge in [-0.15, -0.1) is 0 Å². The molecule has 15 heteroatoms. The number of likely N-dealkylation sites (N-methyl/N-ethyl adjacent to an activating group) is 1. The normalized spacial score (nSPS) is 40.9. The third-order valence-electron chi connectivity index (χ3n) is 12.4. The van der Waals surface area contributed by atoms with Crippen LogP contribution in [0.25, 0.3) is 0 Å². The summed E-state index contributed by atoms with van der Waals surface area (Å²) in [6.07, 6.45) is -0.246. The number of ether oxygens (including phenoxy) is 5. The molecule has 0 bridgehead atoms. The van der Waals surface area contributed by atoms with Crippen LogP contribution in [0.2, 0.25) is 0 Å². The van der Waals surface area contributed by atoms with Crippen LogP contribution in [-0.2, 0) is 39.7 Å². The fourth-order valence-corrected chi connectivity index (χ4v) is 8.76. The Hall–Kier alpha value is -2.79. The number of carbonyl (C=O) groups excluding carboxylic acids is 3. The van der Waals surface area contributed by atoms with Crippen molar-refractivity contribution < 1.29 is 47.6 Å². The summed E-state index contributed by atoms with van der Waals surface area (Å²) in [6, 6.07) is 2.18. The minimum Gasteiger partial charge on any atom is -0.456 e. The second-order valence-corrected chi connectivity index (χ2v) is 16.9. The van der Waals surface area contributed by atoms with Crippen molar-refractivity contribution in [1.29, 1.82) is 0 Å². The second-order valence-electron chi connectivity index (χ2n) is 16.9. The van der Waals surface area contributed by atoms with Crippen LogP contribution in [0.4, 0.5) is 9.18 Å². The average molecular weight is 780 g/mol. The van der Waals surface area contributed by atoms with Crippen molar-refractivity contribution in [1.82, 2.24) is 19.9 Å². The zero-order chi connectivity index (χ0) is 41.2. The number of halogens is 1. The molecule has 0 aromatic carbocycles. The Bertz CT molecular complexity index is 1470. The molecule has 0 saturated carbocycles. The van der Waals surface area contributed by atoms with Gasteiger partial charge in [-0.25, -0.2) is 24.0 Å². The molecule has 1 aromatic heterocycles. The molecule has 312 valence electrons. The van der Waals surface area contributed by atoms with Crippen LogP contribution in [0.15, 0.2) is 24.5 Å². The third-order valence-corrected chi connectivity index (χ3v) is 12.4. The molecule has 1 aromatic rings. The van der Waals surface area contributed by atoms with Crippen LogP contribution in [0.3, 0.4) is 0 Å². The molecule has 4 heterocycles. The number of hydrogen-bond donors (Lipinski definition) is 2. The number of aliphatic hydroxyl groups is 1. The molecule has 0 radical (unpaired) electrons. The van der Waals surface area contributed by atoms with Gasteiger partial charge in [0, 0.05) is 50.6 Å². The number of aromatic nitrogens is 1. The molecule has 14 nitrogen and oxygen atoms in total. The van der Waals surface area contributed by atoms with Crippen LogP contribution in [0.1, 0.15) is 87.1 Å². The number of alkyl halides is 1. The third kappa shape index (κ3) is 9.34. The van der Waals surface area contributed by atoms with E-state index in [1.54, 1.807) is 38.3 Å². The molecule has 3 saturated heterocycles. The largest absolute Gasteiger partial charge is 0.456 e. The van der Waals surface area contributed by atoms with E-state index < -0.39 is 83.2 Å². The number of cyclic esters (lactones) is 1. The second kappa shape index (κ2) is 17.8. The van der Waals surface area contributed by atoms with E-state index in [-0.39, 0.29) is 31.1 Å². The van der Waals surface area contributed by atoms with Gasteiger partial charge in [0.15, 0.2) is 17.7 Å². The number of esters is 1. The van der Waals surface area contributed by atoms with Gasteiger partial charge in [-0.1, -0.05) is 27.7 Å². The van der Waals surface area contributed by atoms with Crippen molar-refractivity contribution >= 4 is 17.8 Å². The standard InChI is InChI=1S/C40H66FN5O9/c1-13-45(12)46-32-25(4)30(42)23(2)22-38(7,51-20-14-15-28-16-18-43-19-17-28)34(54-35-31(47)29(44(10)11)21-24(3)52-35)26(5)33(48)39(8,41)36(49)53-27(6)40(32,9)55-37(46)50/h16-19,23-27,29-32,34-35,47H,13-15,20-22,42H2,1-12H3/t23-,24-,25+,26+,27-,29+,30?,31-,32-,34-,35+,38+,39?,40-/m1/s1. The van der Waals surface area contributed by atoms with Crippen molar-refractivity contribution in [3.8, 4) is 0 Å². The maximum absolute atomic E-state index is 16.9. The summed E-state index contributed by atoms with van der Waals surface area (Å²) in [6.45, 7) is 15.7. The van der Waals surface area contributed by atoms with E-state index in [1.165, 1.54) is 18.9 Å². The van der Waals surface area contributed by atoms with E-state index >= 15 is 4.39 Å². The number of nitrogens with two attached hydrogens (primary N) is 1. The summed E-state index contributed by atoms with van der Waals surface area (Å²) in [5.74, 6) is -4.62. The molecule has 3 aliphatic rings. The molecular weight excluding hydrogens is 713 g/mol. The van der Waals surface area contributed by atoms with E-state index in [4.69, 9.17) is 29.4 Å². The Balaban J connectivity index is 1.84. The Kier molecular flexibility index (Phi) is 14.5. The van der Waals surface area contributed by atoms with Gasteiger partial charge >= 0.3 is 12.1 Å². The highest BCUT2D eigenvalue weighted by Gasteiger charge is 2.62. The van der Waals surface area contributed by atoms with Crippen molar-refractivity contribution in [2.45, 2.75) is 154 Å². The summed E-state index contributed by atoms with van der Waals surface area (Å²) in [5.41, 5.74) is 2.28. The summed E-state index contributed by atoms with van der Waals surface area (Å²) in [5, 5.41) is 14.8. The summed E-state index contributed by atoms with van der Waals surface area (Å²) < 4.78 is 48.3. The van der Waals surface area contributed by atoms with E-state index in [1.807, 2.05) is 58.8 Å². The van der Waals surface area contributed by atoms with E-state index in [0.717, 1.165) is 12.5 Å². The van der Waals surface area contributed by atoms with E-state index in [2.05, 4.69) is 4.98 Å². The molecule has 14 atom stereocenters. The summed E-state index contributed by atoms with van der Waals surface area (Å²) in [4.78, 5) is 47.8. The fraction of sp³-hybridized carbons (Fsp3) is 0.800. The number of fused-ring (bicyclic) bond motifs is 1. The number of rotatable bonds is 10. The zero-order valence-corrected chi connectivity index (χ0v) is 34.9. The number of nitrogens with zero attached hydrogens (tertiary/aromatic N) is 4. The molecule has 4 rings (SSSR count). The predicted octanol–water partition coefficient (Wildman–Crippen LogP) is 3.92. The molecule has 1 amide bonds. The Labute approximate surface area is 326 Å². The van der Waals surface area contributed by atoms with Gasteiger partial charge in [0.2, 0.25) is 0 Å². The molecule has 3 aliphatic heterocycles. The summed E-state index contributed by atoms with van der Waals surface area (Å²) >= 11 is 0. The number of Topliss-reactive ketones (excluding diaryl/α,β-unsaturated/α-hetero) is 1. The van der Waals surface area contributed by atoms with Crippen molar-refractivity contribution in [3.63, 3.8) is 0 Å². The number of hydrogen-bond acceptors (Lipinski definition) is 13. The van der Waals surface area contributed by atoms with Crippen molar-refractivity contribution in [2.24, 2.45) is 23.5 Å².